The van der Waals surface area contributed by atoms with E-state index < -0.39 is 0 Å². The molecule has 2 rings (SSSR count). The number of nitrogens with zero attached hydrogens (tertiary/aromatic N) is 1. The van der Waals surface area contributed by atoms with Crippen LogP contribution in [0.3, 0.4) is 0 Å². The lowest BCUT2D eigenvalue weighted by Crippen LogP contribution is -2.51. The van der Waals surface area contributed by atoms with Gasteiger partial charge in [0.2, 0.25) is 0 Å². The lowest BCUT2D eigenvalue weighted by Gasteiger charge is -2.37. The van der Waals surface area contributed by atoms with E-state index in [4.69, 9.17) is 0 Å². The van der Waals surface area contributed by atoms with E-state index in [-0.39, 0.29) is 12.1 Å². The van der Waals surface area contributed by atoms with E-state index in [0.717, 1.165) is 6.42 Å². The minimum absolute atomic E-state index is 0.0943. The van der Waals surface area contributed by atoms with Crippen molar-refractivity contribution in [1.29, 1.82) is 0 Å². The number of likely N-dealkylation sites (tertiary alicyclic amines) is 1. The van der Waals surface area contributed by atoms with Gasteiger partial charge in [0.15, 0.2) is 0 Å². The van der Waals surface area contributed by atoms with Crippen molar-refractivity contribution in [3.05, 3.63) is 0 Å². The highest BCUT2D eigenvalue weighted by Gasteiger charge is 2.34. The predicted octanol–water partition coefficient (Wildman–Crippen LogP) is 2.53. The Hall–Kier alpha value is -0.120. The van der Waals surface area contributed by atoms with Crippen LogP contribution >= 0.6 is 0 Å². The molecule has 1 aliphatic heterocycles. The number of aliphatic hydroxyl groups is 1. The van der Waals surface area contributed by atoms with E-state index >= 15 is 0 Å². The molecule has 112 valence electrons. The fourth-order valence-electron chi connectivity index (χ4n) is 3.38. The zero-order valence-electron chi connectivity index (χ0n) is 12.8. The third-order valence-electron chi connectivity index (χ3n) is 4.74. The number of aliphatic hydroxyl groups excluding tert-OH is 1. The van der Waals surface area contributed by atoms with E-state index in [9.17, 15) is 5.11 Å². The molecular formula is C16H32N2O. The first-order valence-corrected chi connectivity index (χ1v) is 8.25. The molecule has 3 heteroatoms. The van der Waals surface area contributed by atoms with Crippen LogP contribution in [0.25, 0.3) is 0 Å². The van der Waals surface area contributed by atoms with Gasteiger partial charge in [-0.2, -0.15) is 0 Å². The van der Waals surface area contributed by atoms with Gasteiger partial charge in [-0.3, -0.25) is 0 Å². The topological polar surface area (TPSA) is 35.5 Å². The molecule has 2 atom stereocenters. The van der Waals surface area contributed by atoms with E-state index in [1.807, 2.05) is 0 Å². The largest absolute Gasteiger partial charge is 0.394 e. The van der Waals surface area contributed by atoms with Gasteiger partial charge in [0.05, 0.1) is 6.61 Å². The lowest BCUT2D eigenvalue weighted by atomic mass is 9.92. The fourth-order valence-corrected chi connectivity index (χ4v) is 3.38. The molecule has 0 amide bonds. The highest BCUT2D eigenvalue weighted by molar-refractivity contribution is 4.94. The summed E-state index contributed by atoms with van der Waals surface area (Å²) in [5.74, 6) is 0. The maximum atomic E-state index is 9.73. The van der Waals surface area contributed by atoms with Gasteiger partial charge in [0, 0.05) is 17.6 Å². The van der Waals surface area contributed by atoms with Crippen LogP contribution in [0.4, 0.5) is 0 Å². The molecule has 2 unspecified atom stereocenters. The molecule has 19 heavy (non-hydrogen) atoms. The Bertz CT molecular complexity index is 259. The van der Waals surface area contributed by atoms with Crippen molar-refractivity contribution < 1.29 is 5.11 Å². The standard InChI is InChI=1S/C16H32N2O/c1-14(18-10-6-4-3-5-7-11-18)12-16(2,13-19)17-15-8-9-15/h14-15,17,19H,3-13H2,1-2H3. The van der Waals surface area contributed by atoms with Crippen LogP contribution in [0.2, 0.25) is 0 Å². The summed E-state index contributed by atoms with van der Waals surface area (Å²) in [5, 5.41) is 13.4. The summed E-state index contributed by atoms with van der Waals surface area (Å²) in [4.78, 5) is 2.64. The lowest BCUT2D eigenvalue weighted by molar-refractivity contribution is 0.108. The zero-order chi connectivity index (χ0) is 13.7. The van der Waals surface area contributed by atoms with Crippen molar-refractivity contribution in [1.82, 2.24) is 10.2 Å². The van der Waals surface area contributed by atoms with Crippen molar-refractivity contribution in [2.24, 2.45) is 0 Å². The van der Waals surface area contributed by atoms with Gasteiger partial charge in [-0.05, 0) is 59.0 Å². The molecule has 2 aliphatic rings. The van der Waals surface area contributed by atoms with Gasteiger partial charge < -0.3 is 15.3 Å². The molecule has 0 aromatic heterocycles. The van der Waals surface area contributed by atoms with Crippen molar-refractivity contribution in [2.75, 3.05) is 19.7 Å². The van der Waals surface area contributed by atoms with E-state index in [1.54, 1.807) is 0 Å². The summed E-state index contributed by atoms with van der Waals surface area (Å²) in [5.41, 5.74) is -0.0943. The summed E-state index contributed by atoms with van der Waals surface area (Å²) in [6.45, 7) is 7.26. The van der Waals surface area contributed by atoms with Gasteiger partial charge in [-0.25, -0.2) is 0 Å². The van der Waals surface area contributed by atoms with E-state index in [0.29, 0.717) is 12.1 Å². The Morgan fingerprint density at radius 2 is 1.74 bits per heavy atom. The highest BCUT2D eigenvalue weighted by atomic mass is 16.3. The molecule has 0 aromatic rings. The first-order chi connectivity index (χ1) is 9.13. The molecule has 2 fully saturated rings. The second kappa shape index (κ2) is 7.05. The molecule has 3 nitrogen and oxygen atoms in total. The average molecular weight is 268 g/mol. The number of rotatable bonds is 6. The number of hydrogen-bond acceptors (Lipinski definition) is 3. The Morgan fingerprint density at radius 1 is 1.16 bits per heavy atom. The second-order valence-electron chi connectivity index (χ2n) is 6.99. The number of hydrogen-bond donors (Lipinski definition) is 2. The maximum Gasteiger partial charge on any atom is 0.0611 e. The minimum Gasteiger partial charge on any atom is -0.394 e. The SMILES string of the molecule is CC(CC(C)(CO)NC1CC1)N1CCCCCCC1. The highest BCUT2D eigenvalue weighted by Crippen LogP contribution is 2.26. The van der Waals surface area contributed by atoms with Crippen LogP contribution in [0.1, 0.15) is 65.2 Å². The van der Waals surface area contributed by atoms with Crippen LogP contribution in [-0.4, -0.2) is 47.3 Å². The van der Waals surface area contributed by atoms with Gasteiger partial charge in [-0.1, -0.05) is 19.3 Å². The van der Waals surface area contributed by atoms with Crippen LogP contribution in [0.15, 0.2) is 0 Å². The molecule has 1 heterocycles. The first kappa shape index (κ1) is 15.3. The molecule has 1 aliphatic carbocycles. The molecule has 0 radical (unpaired) electrons. The molecule has 1 saturated carbocycles. The van der Waals surface area contributed by atoms with Crippen molar-refractivity contribution >= 4 is 0 Å². The normalized spacial score (nSPS) is 27.3. The number of nitrogens with one attached hydrogen (secondary N) is 1. The maximum absolute atomic E-state index is 9.73. The van der Waals surface area contributed by atoms with Crippen LogP contribution in [0, 0.1) is 0 Å². The third kappa shape index (κ3) is 5.05. The third-order valence-corrected chi connectivity index (χ3v) is 4.74. The Balaban J connectivity index is 1.83. The summed E-state index contributed by atoms with van der Waals surface area (Å²) in [6.07, 6.45) is 10.5. The van der Waals surface area contributed by atoms with E-state index in [1.165, 1.54) is 58.0 Å². The van der Waals surface area contributed by atoms with Crippen molar-refractivity contribution in [2.45, 2.75) is 82.8 Å². The molecule has 2 N–H and O–H groups in total. The zero-order valence-corrected chi connectivity index (χ0v) is 12.8. The summed E-state index contributed by atoms with van der Waals surface area (Å²) < 4.78 is 0. The summed E-state index contributed by atoms with van der Waals surface area (Å²) in [7, 11) is 0. The van der Waals surface area contributed by atoms with Crippen LogP contribution in [0.5, 0.6) is 0 Å². The fraction of sp³-hybridized carbons (Fsp3) is 1.00. The van der Waals surface area contributed by atoms with Gasteiger partial charge in [0.25, 0.3) is 0 Å². The van der Waals surface area contributed by atoms with Crippen LogP contribution in [-0.2, 0) is 0 Å². The van der Waals surface area contributed by atoms with E-state index in [2.05, 4.69) is 24.1 Å². The smallest absolute Gasteiger partial charge is 0.0611 e. The Kier molecular flexibility index (Phi) is 5.67. The first-order valence-electron chi connectivity index (χ1n) is 8.25. The van der Waals surface area contributed by atoms with Gasteiger partial charge >= 0.3 is 0 Å². The summed E-state index contributed by atoms with van der Waals surface area (Å²) in [6, 6.07) is 1.23. The van der Waals surface area contributed by atoms with Crippen molar-refractivity contribution in [3.8, 4) is 0 Å². The molecule has 0 spiro atoms. The Morgan fingerprint density at radius 3 is 2.26 bits per heavy atom. The molecule has 0 bridgehead atoms. The van der Waals surface area contributed by atoms with Gasteiger partial charge in [-0.15, -0.1) is 0 Å². The van der Waals surface area contributed by atoms with Crippen LogP contribution < -0.4 is 5.32 Å². The Labute approximate surface area is 118 Å². The summed E-state index contributed by atoms with van der Waals surface area (Å²) >= 11 is 0. The van der Waals surface area contributed by atoms with Crippen molar-refractivity contribution in [3.63, 3.8) is 0 Å². The van der Waals surface area contributed by atoms with Gasteiger partial charge in [0.1, 0.15) is 0 Å². The quantitative estimate of drug-likeness (QED) is 0.777. The average Bonchev–Trinajstić information content (AvgIpc) is 3.12. The predicted molar refractivity (Wildman–Crippen MR) is 80.4 cm³/mol. The molecule has 0 aromatic carbocycles. The molecular weight excluding hydrogens is 236 g/mol. The second-order valence-corrected chi connectivity index (χ2v) is 6.99. The minimum atomic E-state index is -0.0943. The monoisotopic (exact) mass is 268 g/mol. The molecule has 1 saturated heterocycles.